The molecular formula is C86H71ClN18O6S3. The molecule has 0 fully saturated rings. The first-order valence-electron chi connectivity index (χ1n) is 35.6. The summed E-state index contributed by atoms with van der Waals surface area (Å²) in [5.74, 6) is 4.27. The van der Waals surface area contributed by atoms with E-state index >= 15 is 0 Å². The van der Waals surface area contributed by atoms with E-state index in [1.54, 1.807) is 44.6 Å². The molecule has 0 aliphatic heterocycles. The van der Waals surface area contributed by atoms with Crippen molar-refractivity contribution in [3.63, 3.8) is 0 Å². The third kappa shape index (κ3) is 15.9. The Morgan fingerprint density at radius 3 is 1.08 bits per heavy atom. The lowest BCUT2D eigenvalue weighted by atomic mass is 10.0. The summed E-state index contributed by atoms with van der Waals surface area (Å²) < 4.78 is 32.9. The first kappa shape index (κ1) is 75.4. The normalized spacial score (nSPS) is 10.9. The summed E-state index contributed by atoms with van der Waals surface area (Å²) in [6.07, 6.45) is 0. The number of benzene rings is 9. The molecule has 18 aromatic rings. The molecule has 0 radical (unpaired) electrons. The standard InChI is InChI=1S/C29H24N6O2S.C28H22N6O2S.C26H20ClN3O2.C3H5N3S/c1-18-32-33-29(38-18)31-26-24(20-14-16-22(36-2)17-15-20)28(37-3)35-27(30-26)23(19-10-6-4-7-11-19)25(34-35)21-12-8-5-9-13-21;1-17-31-32-28(37-17)30-25-23(19-13-15-21(36-2)16-14-19)27(35)34-26(29-25)22(18-9-5-3-6-10-18)24(33-34)20-11-7-4-8-12-20;1-31-20-15-13-18(14-16-20)22-24(27)28-25-21(17-9-5-3-6-10-17)23(19-11-7-4-8-12-19)29-30(25)26(22)32-2;1-2-5-6-3(4)7-2/h4-17H,1-3H3,(H,30,31,33);3-16,33H,1-2H3,(H,30,32);3-16H,1-2H3;1H3,(H2,4,6). The average Bonchev–Trinajstić information content (AvgIpc) is 1.59. The van der Waals surface area contributed by atoms with E-state index in [1.165, 1.54) is 38.5 Å². The van der Waals surface area contributed by atoms with Crippen molar-refractivity contribution in [3.8, 4) is 130 Å². The van der Waals surface area contributed by atoms with Crippen LogP contribution < -0.4 is 45.6 Å². The number of nitrogens with one attached hydrogen (secondary N) is 3. The fourth-order valence-electron chi connectivity index (χ4n) is 12.9. The van der Waals surface area contributed by atoms with Gasteiger partial charge in [-0.05, 0) is 90.6 Å². The molecule has 0 atom stereocenters. The summed E-state index contributed by atoms with van der Waals surface area (Å²) in [6.45, 7) is 5.67. The van der Waals surface area contributed by atoms with Gasteiger partial charge in [-0.25, -0.2) is 15.0 Å². The number of aromatic nitrogens is 15. The second-order valence-corrected chi connectivity index (χ2v) is 29.2. The van der Waals surface area contributed by atoms with Crippen molar-refractivity contribution in [1.82, 2.24) is 74.4 Å². The maximum atomic E-state index is 14.1. The van der Waals surface area contributed by atoms with Crippen LogP contribution in [0.2, 0.25) is 5.15 Å². The van der Waals surface area contributed by atoms with Gasteiger partial charge >= 0.3 is 0 Å². The van der Waals surface area contributed by atoms with E-state index in [-0.39, 0.29) is 5.56 Å². The van der Waals surface area contributed by atoms with Gasteiger partial charge in [0.25, 0.3) is 5.56 Å². The Morgan fingerprint density at radius 1 is 0.360 bits per heavy atom. The van der Waals surface area contributed by atoms with Gasteiger partial charge in [0.05, 0.1) is 74.6 Å². The third-order valence-electron chi connectivity index (χ3n) is 18.1. The predicted molar refractivity (Wildman–Crippen MR) is 453 cm³/mol. The highest BCUT2D eigenvalue weighted by atomic mass is 35.5. The zero-order valence-corrected chi connectivity index (χ0v) is 65.8. The lowest BCUT2D eigenvalue weighted by molar-refractivity contribution is 0.387. The average molecular weight is 1580 g/mol. The summed E-state index contributed by atoms with van der Waals surface area (Å²) >= 11 is 11.0. The minimum absolute atomic E-state index is 0.238. The highest BCUT2D eigenvalue weighted by Gasteiger charge is 2.29. The van der Waals surface area contributed by atoms with Crippen molar-refractivity contribution in [2.75, 3.05) is 51.9 Å². The molecule has 0 unspecified atom stereocenters. The SMILES string of the molecule is COc1ccc(-c2c(Cl)nc3c(-c4ccccc4)c(-c4ccccc4)nn3c2OC)cc1.COc1ccc(-c2c(Nc3nnc(C)s3)nc3c(-c4ccccc4)c(-c4ccccc4)[nH]n3c2=O)cc1.COc1ccc(-c2c(Nc3nnc(C)s3)nc3c(-c4ccccc4)c(-c4ccccc4)nn3c2OC)cc1.Cc1nnc(N)s1. The first-order chi connectivity index (χ1) is 55.8. The number of hydrogen-bond acceptors (Lipinski definition) is 23. The summed E-state index contributed by atoms with van der Waals surface area (Å²) in [6, 6.07) is 83.0. The van der Waals surface area contributed by atoms with E-state index in [0.29, 0.717) is 83.3 Å². The van der Waals surface area contributed by atoms with Gasteiger partial charge in [0.15, 0.2) is 16.9 Å². The second-order valence-electron chi connectivity index (χ2n) is 25.3. The Balaban J connectivity index is 0.000000129. The molecule has 0 saturated carbocycles. The number of nitrogen functional groups attached to an aromatic ring is 1. The molecule has 9 aromatic carbocycles. The van der Waals surface area contributed by atoms with Crippen LogP contribution in [-0.4, -0.2) is 110 Å². The maximum absolute atomic E-state index is 14.1. The monoisotopic (exact) mass is 1580 g/mol. The van der Waals surface area contributed by atoms with Gasteiger partial charge in [-0.2, -0.15) is 23.7 Å². The van der Waals surface area contributed by atoms with Crippen molar-refractivity contribution < 1.29 is 23.7 Å². The molecule has 18 rings (SSSR count). The summed E-state index contributed by atoms with van der Waals surface area (Å²) in [7, 11) is 8.15. The molecule has 0 bridgehead atoms. The van der Waals surface area contributed by atoms with Crippen molar-refractivity contribution >= 4 is 89.6 Å². The molecule has 9 aromatic heterocycles. The van der Waals surface area contributed by atoms with Gasteiger partial charge in [-0.1, -0.05) is 264 Å². The van der Waals surface area contributed by atoms with Gasteiger partial charge in [0.1, 0.15) is 60.4 Å². The van der Waals surface area contributed by atoms with Crippen LogP contribution in [0.25, 0.3) is 117 Å². The van der Waals surface area contributed by atoms with Gasteiger partial charge in [0.2, 0.25) is 27.2 Å². The van der Waals surface area contributed by atoms with Crippen molar-refractivity contribution in [1.29, 1.82) is 0 Å². The fraction of sp³-hybridized carbons (Fsp3) is 0.0930. The number of rotatable bonds is 18. The lowest BCUT2D eigenvalue weighted by Crippen LogP contribution is -2.19. The number of nitrogens with zero attached hydrogens (tertiary/aromatic N) is 14. The Kier molecular flexibility index (Phi) is 22.6. The fourth-order valence-corrected chi connectivity index (χ4v) is 14.8. The van der Waals surface area contributed by atoms with E-state index < -0.39 is 0 Å². The number of hydrogen-bond donors (Lipinski definition) is 4. The number of fused-ring (bicyclic) bond motifs is 3. The van der Waals surface area contributed by atoms with Crippen LogP contribution in [0.1, 0.15) is 15.0 Å². The Hall–Kier alpha value is -14.0. The molecule has 9 heterocycles. The summed E-state index contributed by atoms with van der Waals surface area (Å²) in [5, 5.41) is 48.6. The van der Waals surface area contributed by atoms with E-state index in [0.717, 1.165) is 110 Å². The molecule has 0 aliphatic rings. The topological polar surface area (TPSA) is 284 Å². The minimum atomic E-state index is -0.238. The van der Waals surface area contributed by atoms with Crippen LogP contribution in [0.5, 0.6) is 29.0 Å². The van der Waals surface area contributed by atoms with Crippen molar-refractivity contribution in [2.45, 2.75) is 20.8 Å². The molecule has 566 valence electrons. The van der Waals surface area contributed by atoms with Crippen LogP contribution in [0, 0.1) is 20.8 Å². The van der Waals surface area contributed by atoms with Crippen LogP contribution in [0.15, 0.2) is 260 Å². The molecule has 5 N–H and O–H groups in total. The second kappa shape index (κ2) is 34.1. The smallest absolute Gasteiger partial charge is 0.282 e. The molecule has 0 spiro atoms. The Labute approximate surface area is 670 Å². The highest BCUT2D eigenvalue weighted by Crippen LogP contribution is 2.46. The highest BCUT2D eigenvalue weighted by molar-refractivity contribution is 7.15. The van der Waals surface area contributed by atoms with Crippen molar-refractivity contribution in [3.05, 3.63) is 285 Å². The summed E-state index contributed by atoms with van der Waals surface area (Å²) in [5.41, 5.74) is 22.0. The van der Waals surface area contributed by atoms with Gasteiger partial charge in [-0.15, -0.1) is 30.6 Å². The predicted octanol–water partition coefficient (Wildman–Crippen LogP) is 19.4. The zero-order valence-electron chi connectivity index (χ0n) is 62.6. The number of H-pyrrole nitrogens is 1. The van der Waals surface area contributed by atoms with Gasteiger partial charge in [-0.3, -0.25) is 9.89 Å². The number of nitrogens with two attached hydrogens (primary N) is 1. The molecule has 0 saturated heterocycles. The van der Waals surface area contributed by atoms with Crippen LogP contribution in [-0.2, 0) is 0 Å². The number of halogens is 1. The molecule has 114 heavy (non-hydrogen) atoms. The molecule has 0 amide bonds. The van der Waals surface area contributed by atoms with Crippen LogP contribution in [0.3, 0.4) is 0 Å². The molecule has 28 heteroatoms. The number of aryl methyl sites for hydroxylation is 3. The van der Waals surface area contributed by atoms with Gasteiger partial charge < -0.3 is 40.1 Å². The number of ether oxygens (including phenoxy) is 5. The largest absolute Gasteiger partial charge is 0.497 e. The number of aromatic amines is 1. The Bertz CT molecular complexity index is 6400. The minimum Gasteiger partial charge on any atom is -0.497 e. The lowest BCUT2D eigenvalue weighted by Gasteiger charge is -2.16. The van der Waals surface area contributed by atoms with Crippen LogP contribution >= 0.6 is 45.6 Å². The number of anilines is 5. The Morgan fingerprint density at radius 2 is 0.702 bits per heavy atom. The zero-order chi connectivity index (χ0) is 78.8. The first-order valence-corrected chi connectivity index (χ1v) is 38.4. The van der Waals surface area contributed by atoms with E-state index in [1.807, 2.05) is 263 Å². The molecule has 0 aliphatic carbocycles. The summed E-state index contributed by atoms with van der Waals surface area (Å²) in [4.78, 5) is 29.1. The van der Waals surface area contributed by atoms with E-state index in [2.05, 4.69) is 58.5 Å². The maximum Gasteiger partial charge on any atom is 0.282 e. The van der Waals surface area contributed by atoms with E-state index in [4.69, 9.17) is 66.2 Å². The quantitative estimate of drug-likeness (QED) is 0.0581. The van der Waals surface area contributed by atoms with Gasteiger partial charge in [0, 0.05) is 16.7 Å². The molecule has 24 nitrogen and oxygen atoms in total. The third-order valence-corrected chi connectivity index (χ3v) is 20.5. The van der Waals surface area contributed by atoms with E-state index in [9.17, 15) is 4.79 Å². The van der Waals surface area contributed by atoms with Crippen LogP contribution in [0.4, 0.5) is 27.0 Å². The molecular weight excluding hydrogens is 1510 g/mol. The number of methoxy groups -OCH3 is 5. The van der Waals surface area contributed by atoms with Crippen molar-refractivity contribution in [2.24, 2.45) is 0 Å².